The summed E-state index contributed by atoms with van der Waals surface area (Å²) < 4.78 is 31.4. The molecule has 1 aromatic carbocycles. The van der Waals surface area contributed by atoms with Crippen molar-refractivity contribution in [3.05, 3.63) is 60.7 Å². The Morgan fingerprint density at radius 1 is 1.12 bits per heavy atom. The Morgan fingerprint density at radius 2 is 1.88 bits per heavy atom. The number of rotatable bonds is 7. The Bertz CT molecular complexity index is 1070. The molecular formula is C23H23F2N5O2. The first-order chi connectivity index (χ1) is 15.4. The average molecular weight is 439 g/mol. The highest BCUT2D eigenvalue weighted by atomic mass is 19.3. The van der Waals surface area contributed by atoms with Gasteiger partial charge in [0.05, 0.1) is 17.5 Å². The molecule has 4 rings (SSSR count). The summed E-state index contributed by atoms with van der Waals surface area (Å²) in [7, 11) is 0. The highest BCUT2D eigenvalue weighted by Gasteiger charge is 2.28. The van der Waals surface area contributed by atoms with E-state index in [-0.39, 0.29) is 11.7 Å². The molecule has 166 valence electrons. The van der Waals surface area contributed by atoms with Crippen LogP contribution in [-0.4, -0.2) is 40.1 Å². The molecule has 0 atom stereocenters. The molecule has 0 saturated carbocycles. The molecule has 0 unspecified atom stereocenters. The van der Waals surface area contributed by atoms with E-state index >= 15 is 0 Å². The molecule has 9 heteroatoms. The third-order valence-corrected chi connectivity index (χ3v) is 5.16. The van der Waals surface area contributed by atoms with Gasteiger partial charge in [0, 0.05) is 49.4 Å². The Morgan fingerprint density at radius 3 is 2.53 bits per heavy atom. The molecule has 0 radical (unpaired) electrons. The maximum absolute atomic E-state index is 13.4. The highest BCUT2D eigenvalue weighted by molar-refractivity contribution is 6.05. The first kappa shape index (κ1) is 21.6. The number of pyridine rings is 1. The Hall–Kier alpha value is -3.62. The van der Waals surface area contributed by atoms with Crippen molar-refractivity contribution in [1.29, 1.82) is 0 Å². The van der Waals surface area contributed by atoms with Crippen molar-refractivity contribution < 1.29 is 18.3 Å². The van der Waals surface area contributed by atoms with Gasteiger partial charge in [-0.15, -0.1) is 0 Å². The zero-order valence-corrected chi connectivity index (χ0v) is 17.6. The summed E-state index contributed by atoms with van der Waals surface area (Å²) in [6, 6.07) is 7.54. The number of alkyl halides is 2. The number of carbonyl (C=O) groups excluding carboxylic acids is 1. The van der Waals surface area contributed by atoms with Gasteiger partial charge in [-0.25, -0.2) is 4.98 Å². The number of nitrogens with one attached hydrogen (secondary N) is 1. The van der Waals surface area contributed by atoms with Crippen LogP contribution in [0.4, 0.5) is 20.3 Å². The summed E-state index contributed by atoms with van der Waals surface area (Å²) in [6.07, 6.45) is 4.88. The zero-order valence-electron chi connectivity index (χ0n) is 17.6. The summed E-state index contributed by atoms with van der Waals surface area (Å²) in [5, 5.41) is 2.76. The number of hydrogen-bond acceptors (Lipinski definition) is 6. The second kappa shape index (κ2) is 9.25. The van der Waals surface area contributed by atoms with Crippen LogP contribution in [0.5, 0.6) is 5.75 Å². The molecule has 3 heterocycles. The van der Waals surface area contributed by atoms with Crippen LogP contribution in [0.15, 0.2) is 55.1 Å². The minimum absolute atomic E-state index is 0.0245. The summed E-state index contributed by atoms with van der Waals surface area (Å²) in [5.74, 6) is 0.428. The molecule has 0 aliphatic carbocycles. The molecule has 1 amide bonds. The number of carbonyl (C=O) groups is 1. The summed E-state index contributed by atoms with van der Waals surface area (Å²) in [4.78, 5) is 28.1. The van der Waals surface area contributed by atoms with Gasteiger partial charge >= 0.3 is 6.11 Å². The highest BCUT2D eigenvalue weighted by Crippen LogP contribution is 2.31. The van der Waals surface area contributed by atoms with Crippen LogP contribution in [0.1, 0.15) is 36.5 Å². The number of hydrogen-bond donors (Lipinski definition) is 1. The largest absolute Gasteiger partial charge is 0.433 e. The van der Waals surface area contributed by atoms with Gasteiger partial charge < -0.3 is 15.0 Å². The average Bonchev–Trinajstić information content (AvgIpc) is 3.35. The summed E-state index contributed by atoms with van der Waals surface area (Å²) >= 11 is 0. The van der Waals surface area contributed by atoms with E-state index in [2.05, 4.69) is 29.9 Å². The smallest absolute Gasteiger partial charge is 0.397 e. The molecule has 1 N–H and O–H groups in total. The molecule has 1 aliphatic rings. The molecule has 1 saturated heterocycles. The first-order valence-electron chi connectivity index (χ1n) is 10.4. The fraction of sp³-hybridized carbons (Fsp3) is 0.304. The molecule has 0 bridgehead atoms. The molecule has 1 aliphatic heterocycles. The van der Waals surface area contributed by atoms with E-state index in [0.29, 0.717) is 16.9 Å². The van der Waals surface area contributed by atoms with Crippen molar-refractivity contribution in [3.63, 3.8) is 0 Å². The van der Waals surface area contributed by atoms with E-state index in [0.717, 1.165) is 37.3 Å². The van der Waals surface area contributed by atoms with E-state index in [1.807, 2.05) is 0 Å². The van der Waals surface area contributed by atoms with Crippen LogP contribution < -0.4 is 15.0 Å². The summed E-state index contributed by atoms with van der Waals surface area (Å²) in [5.41, 5.74) is 2.17. The van der Waals surface area contributed by atoms with Crippen LogP contribution in [0.25, 0.3) is 11.3 Å². The lowest BCUT2D eigenvalue weighted by molar-refractivity contribution is -0.177. The zero-order chi connectivity index (χ0) is 22.6. The molecular weight excluding hydrogens is 416 g/mol. The number of benzene rings is 1. The van der Waals surface area contributed by atoms with E-state index in [4.69, 9.17) is 0 Å². The normalized spacial score (nSPS) is 13.8. The van der Waals surface area contributed by atoms with Gasteiger partial charge in [-0.05, 0) is 43.2 Å². The number of aromatic nitrogens is 3. The Labute approximate surface area is 184 Å². The predicted octanol–water partition coefficient (Wildman–Crippen LogP) is 4.77. The van der Waals surface area contributed by atoms with Gasteiger partial charge in [-0.1, -0.05) is 6.92 Å². The predicted molar refractivity (Wildman–Crippen MR) is 117 cm³/mol. The van der Waals surface area contributed by atoms with Crippen molar-refractivity contribution in [3.8, 4) is 17.0 Å². The van der Waals surface area contributed by atoms with Gasteiger partial charge in [-0.3, -0.25) is 14.8 Å². The van der Waals surface area contributed by atoms with Crippen molar-refractivity contribution in [2.45, 2.75) is 32.3 Å². The molecule has 0 spiro atoms. The number of amides is 1. The molecule has 1 fully saturated rings. The number of anilines is 2. The molecule has 3 aromatic rings. The lowest BCUT2D eigenvalue weighted by Gasteiger charge is -2.20. The van der Waals surface area contributed by atoms with Crippen LogP contribution in [-0.2, 0) is 0 Å². The van der Waals surface area contributed by atoms with E-state index < -0.39 is 12.5 Å². The fourth-order valence-corrected chi connectivity index (χ4v) is 3.44. The van der Waals surface area contributed by atoms with Crippen molar-refractivity contribution >= 4 is 17.4 Å². The van der Waals surface area contributed by atoms with Crippen molar-refractivity contribution in [2.75, 3.05) is 23.3 Å². The maximum atomic E-state index is 13.4. The Balaban J connectivity index is 1.55. The van der Waals surface area contributed by atoms with Crippen LogP contribution in [0, 0.1) is 0 Å². The summed E-state index contributed by atoms with van der Waals surface area (Å²) in [6.45, 7) is 3.14. The van der Waals surface area contributed by atoms with E-state index in [1.165, 1.54) is 37.4 Å². The molecule has 2 aromatic heterocycles. The van der Waals surface area contributed by atoms with Gasteiger partial charge in [0.25, 0.3) is 5.91 Å². The second-order valence-electron chi connectivity index (χ2n) is 7.45. The van der Waals surface area contributed by atoms with Gasteiger partial charge in [0.15, 0.2) is 0 Å². The minimum atomic E-state index is -3.23. The van der Waals surface area contributed by atoms with Gasteiger partial charge in [0.1, 0.15) is 11.6 Å². The SMILES string of the molecule is CCC(F)(F)Oc1ccc(NC(=O)c2cnc(N3CCCC3)c(-c3cnccn3)c2)cc1. The van der Waals surface area contributed by atoms with Crippen LogP contribution >= 0.6 is 0 Å². The van der Waals surface area contributed by atoms with Crippen molar-refractivity contribution in [2.24, 2.45) is 0 Å². The molecule has 32 heavy (non-hydrogen) atoms. The monoisotopic (exact) mass is 439 g/mol. The number of ether oxygens (including phenoxy) is 1. The second-order valence-corrected chi connectivity index (χ2v) is 7.45. The minimum Gasteiger partial charge on any atom is -0.433 e. The lowest BCUT2D eigenvalue weighted by atomic mass is 10.1. The standard InChI is InChI=1S/C23H23F2N5O2/c1-2-23(24,25)32-18-7-5-17(6-8-18)29-22(31)16-13-19(20-15-26-9-10-27-20)21(28-14-16)30-11-3-4-12-30/h5-10,13-15H,2-4,11-12H2,1H3,(H,29,31). The van der Waals surface area contributed by atoms with Gasteiger partial charge in [-0.2, -0.15) is 8.78 Å². The Kier molecular flexibility index (Phi) is 6.25. The fourth-order valence-electron chi connectivity index (χ4n) is 3.44. The molecule has 7 nitrogen and oxygen atoms in total. The third kappa shape index (κ3) is 4.99. The number of halogens is 2. The van der Waals surface area contributed by atoms with Crippen molar-refractivity contribution in [1.82, 2.24) is 15.0 Å². The third-order valence-electron chi connectivity index (χ3n) is 5.16. The lowest BCUT2D eigenvalue weighted by Crippen LogP contribution is -2.23. The van der Waals surface area contributed by atoms with E-state index in [1.54, 1.807) is 24.7 Å². The number of nitrogens with zero attached hydrogens (tertiary/aromatic N) is 4. The van der Waals surface area contributed by atoms with Gasteiger partial charge in [0.2, 0.25) is 0 Å². The van der Waals surface area contributed by atoms with Crippen LogP contribution in [0.3, 0.4) is 0 Å². The maximum Gasteiger partial charge on any atom is 0.397 e. The topological polar surface area (TPSA) is 80.2 Å². The van der Waals surface area contributed by atoms with E-state index in [9.17, 15) is 13.6 Å². The van der Waals surface area contributed by atoms with Crippen LogP contribution in [0.2, 0.25) is 0 Å². The quantitative estimate of drug-likeness (QED) is 0.571. The first-order valence-corrected chi connectivity index (χ1v) is 10.4.